The molecule has 2 aromatic carbocycles. The predicted molar refractivity (Wildman–Crippen MR) is 151 cm³/mol. The van der Waals surface area contributed by atoms with Crippen molar-refractivity contribution in [1.29, 1.82) is 0 Å². The Kier molecular flexibility index (Phi) is 9.97. The third kappa shape index (κ3) is 7.87. The normalized spacial score (nSPS) is 11.3. The molecular weight excluding hydrogens is 534 g/mol. The first kappa shape index (κ1) is 30.3. The van der Waals surface area contributed by atoms with Gasteiger partial charge in [0.05, 0.1) is 18.6 Å². The Bertz CT molecular complexity index is 1490. The molecular formula is C28H33N5O6S. The molecule has 0 amide bonds. The molecule has 0 atom stereocenters. The molecule has 0 aliphatic rings. The van der Waals surface area contributed by atoms with Gasteiger partial charge in [-0.05, 0) is 47.7 Å². The van der Waals surface area contributed by atoms with Crippen molar-refractivity contribution in [3.05, 3.63) is 84.7 Å². The van der Waals surface area contributed by atoms with Gasteiger partial charge in [0.15, 0.2) is 5.82 Å². The van der Waals surface area contributed by atoms with Gasteiger partial charge in [-0.1, -0.05) is 39.0 Å². The average molecular weight is 568 g/mol. The predicted octanol–water partition coefficient (Wildman–Crippen LogP) is 4.35. The van der Waals surface area contributed by atoms with Crippen molar-refractivity contribution in [1.82, 2.24) is 19.9 Å². The zero-order chi connectivity index (χ0) is 27.9. The van der Waals surface area contributed by atoms with E-state index in [9.17, 15) is 8.42 Å². The maximum atomic E-state index is 13.3. The highest BCUT2D eigenvalue weighted by Gasteiger charge is 2.23. The van der Waals surface area contributed by atoms with Gasteiger partial charge in [0.2, 0.25) is 5.75 Å². The van der Waals surface area contributed by atoms with E-state index in [0.717, 1.165) is 5.56 Å². The van der Waals surface area contributed by atoms with E-state index in [2.05, 4.69) is 45.4 Å². The van der Waals surface area contributed by atoms with Crippen molar-refractivity contribution in [3.8, 4) is 23.1 Å². The van der Waals surface area contributed by atoms with E-state index >= 15 is 0 Å². The summed E-state index contributed by atoms with van der Waals surface area (Å²) >= 11 is 0. The molecule has 2 heterocycles. The standard InChI is InChI=1S/C28H31N5O5S.H2O/c1-28(2,3)20-11-13-23(14-12-20)39(34,35)33-26-25(38-22-9-5-8-21(18-22)36-4)27(32-19-31-26)37-17-6-10-24-29-15-7-16-30-24;/h5,7-9,11-16,18-19H,6,10,17H2,1-4H3,(H,31,32,33);1H2. The fraction of sp³-hybridized carbons (Fsp3) is 0.286. The second-order valence-electron chi connectivity index (χ2n) is 9.63. The number of sulfonamides is 1. The van der Waals surface area contributed by atoms with Crippen LogP contribution in [-0.2, 0) is 21.9 Å². The van der Waals surface area contributed by atoms with E-state index in [1.807, 2.05) is 0 Å². The fourth-order valence-corrected chi connectivity index (χ4v) is 4.60. The van der Waals surface area contributed by atoms with E-state index in [1.165, 1.54) is 6.33 Å². The van der Waals surface area contributed by atoms with Crippen LogP contribution in [-0.4, -0.2) is 47.5 Å². The molecule has 0 saturated heterocycles. The maximum Gasteiger partial charge on any atom is 0.263 e. The monoisotopic (exact) mass is 567 g/mol. The average Bonchev–Trinajstić information content (AvgIpc) is 2.93. The minimum absolute atomic E-state index is 0. The van der Waals surface area contributed by atoms with Gasteiger partial charge >= 0.3 is 0 Å². The lowest BCUT2D eigenvalue weighted by Crippen LogP contribution is -2.16. The molecule has 12 heteroatoms. The zero-order valence-corrected chi connectivity index (χ0v) is 23.6. The molecule has 4 rings (SSSR count). The van der Waals surface area contributed by atoms with Crippen LogP contribution in [0.15, 0.2) is 78.2 Å². The quantitative estimate of drug-likeness (QED) is 0.260. The highest BCUT2D eigenvalue weighted by molar-refractivity contribution is 7.92. The van der Waals surface area contributed by atoms with Crippen molar-refractivity contribution >= 4 is 15.8 Å². The van der Waals surface area contributed by atoms with E-state index in [0.29, 0.717) is 30.2 Å². The molecule has 0 bridgehead atoms. The third-order valence-corrected chi connectivity index (χ3v) is 7.05. The lowest BCUT2D eigenvalue weighted by atomic mass is 9.87. The maximum absolute atomic E-state index is 13.3. The summed E-state index contributed by atoms with van der Waals surface area (Å²) in [5.41, 5.74) is 0.904. The summed E-state index contributed by atoms with van der Waals surface area (Å²) in [6.07, 6.45) is 5.79. The van der Waals surface area contributed by atoms with E-state index < -0.39 is 10.0 Å². The highest BCUT2D eigenvalue weighted by Crippen LogP contribution is 2.37. The summed E-state index contributed by atoms with van der Waals surface area (Å²) in [5.74, 6) is 1.70. The molecule has 0 aliphatic carbocycles. The largest absolute Gasteiger partial charge is 0.497 e. The highest BCUT2D eigenvalue weighted by atomic mass is 32.2. The molecule has 2 aromatic heterocycles. The number of methoxy groups -OCH3 is 1. The number of ether oxygens (including phenoxy) is 3. The van der Waals surface area contributed by atoms with Gasteiger partial charge in [0.25, 0.3) is 15.9 Å². The topological polar surface area (TPSA) is 157 Å². The molecule has 0 saturated carbocycles. The summed E-state index contributed by atoms with van der Waals surface area (Å²) in [6.45, 7) is 6.45. The third-order valence-electron chi connectivity index (χ3n) is 5.70. The smallest absolute Gasteiger partial charge is 0.263 e. The first-order valence-corrected chi connectivity index (χ1v) is 13.8. The molecule has 4 aromatic rings. The Morgan fingerprint density at radius 2 is 1.60 bits per heavy atom. The first-order valence-electron chi connectivity index (χ1n) is 12.3. The lowest BCUT2D eigenvalue weighted by molar-refractivity contribution is 0.283. The Hall–Kier alpha value is -4.29. The second kappa shape index (κ2) is 13.2. The van der Waals surface area contributed by atoms with Gasteiger partial charge in [-0.25, -0.2) is 23.4 Å². The SMILES string of the molecule is COc1cccc(Oc2c(NS(=O)(=O)c3ccc(C(C)(C)C)cc3)ncnc2OCCCc2ncccn2)c1.O. The number of aromatic nitrogens is 4. The summed E-state index contributed by atoms with van der Waals surface area (Å²) in [7, 11) is -2.46. The Labute approximate surface area is 234 Å². The van der Waals surface area contributed by atoms with E-state index in [4.69, 9.17) is 14.2 Å². The van der Waals surface area contributed by atoms with Gasteiger partial charge in [0, 0.05) is 24.9 Å². The number of nitrogens with one attached hydrogen (secondary N) is 1. The number of anilines is 1. The first-order chi connectivity index (χ1) is 18.7. The molecule has 0 unspecified atom stereocenters. The van der Waals surface area contributed by atoms with Crippen LogP contribution in [0.1, 0.15) is 38.6 Å². The number of hydrogen-bond donors (Lipinski definition) is 1. The van der Waals surface area contributed by atoms with Gasteiger partial charge in [-0.15, -0.1) is 0 Å². The number of hydrogen-bond acceptors (Lipinski definition) is 9. The molecule has 0 aliphatic heterocycles. The van der Waals surface area contributed by atoms with Crippen molar-refractivity contribution in [2.45, 2.75) is 43.9 Å². The molecule has 11 nitrogen and oxygen atoms in total. The Balaban J connectivity index is 0.00000441. The molecule has 3 N–H and O–H groups in total. The minimum Gasteiger partial charge on any atom is -0.497 e. The van der Waals surface area contributed by atoms with Crippen LogP contribution >= 0.6 is 0 Å². The number of rotatable bonds is 11. The van der Waals surface area contributed by atoms with Crippen LogP contribution in [0.2, 0.25) is 0 Å². The summed E-state index contributed by atoms with van der Waals surface area (Å²) in [4.78, 5) is 16.9. The van der Waals surface area contributed by atoms with Crippen molar-refractivity contribution in [3.63, 3.8) is 0 Å². The van der Waals surface area contributed by atoms with Gasteiger partial charge in [-0.2, -0.15) is 4.98 Å². The van der Waals surface area contributed by atoms with Crippen LogP contribution in [0.25, 0.3) is 0 Å². The molecule has 0 spiro atoms. The van der Waals surface area contributed by atoms with E-state index in [1.54, 1.807) is 74.1 Å². The van der Waals surface area contributed by atoms with Crippen LogP contribution in [0, 0.1) is 0 Å². The van der Waals surface area contributed by atoms with Crippen LogP contribution in [0.3, 0.4) is 0 Å². The summed E-state index contributed by atoms with van der Waals surface area (Å²) in [6, 6.07) is 15.4. The van der Waals surface area contributed by atoms with Gasteiger partial charge in [0.1, 0.15) is 23.7 Å². The van der Waals surface area contributed by atoms with Crippen LogP contribution in [0.5, 0.6) is 23.1 Å². The van der Waals surface area contributed by atoms with Crippen LogP contribution < -0.4 is 18.9 Å². The second-order valence-corrected chi connectivity index (χ2v) is 11.3. The summed E-state index contributed by atoms with van der Waals surface area (Å²) in [5, 5.41) is 0. The minimum atomic E-state index is -4.00. The number of aryl methyl sites for hydroxylation is 1. The molecule has 0 fully saturated rings. The van der Waals surface area contributed by atoms with Crippen molar-refractivity contribution in [2.75, 3.05) is 18.4 Å². The zero-order valence-electron chi connectivity index (χ0n) is 22.8. The number of nitrogens with zero attached hydrogens (tertiary/aromatic N) is 4. The fourth-order valence-electron chi connectivity index (χ4n) is 3.59. The van der Waals surface area contributed by atoms with Crippen molar-refractivity contribution in [2.24, 2.45) is 0 Å². The molecule has 0 radical (unpaired) electrons. The summed E-state index contributed by atoms with van der Waals surface area (Å²) < 4.78 is 46.4. The van der Waals surface area contributed by atoms with Gasteiger partial charge in [-0.3, -0.25) is 4.72 Å². The molecule has 40 heavy (non-hydrogen) atoms. The lowest BCUT2D eigenvalue weighted by Gasteiger charge is -2.19. The Morgan fingerprint density at radius 1 is 0.900 bits per heavy atom. The number of benzene rings is 2. The van der Waals surface area contributed by atoms with Gasteiger partial charge < -0.3 is 19.7 Å². The van der Waals surface area contributed by atoms with E-state index in [-0.39, 0.29) is 39.8 Å². The molecule has 212 valence electrons. The Morgan fingerprint density at radius 3 is 2.27 bits per heavy atom. The van der Waals surface area contributed by atoms with Crippen molar-refractivity contribution < 1.29 is 28.1 Å². The van der Waals surface area contributed by atoms with Crippen LogP contribution in [0.4, 0.5) is 5.82 Å².